The highest BCUT2D eigenvalue weighted by atomic mass is 16.4. The largest absolute Gasteiger partial charge is 0.465 e. The summed E-state index contributed by atoms with van der Waals surface area (Å²) in [6.45, 7) is 5.85. The van der Waals surface area contributed by atoms with Crippen LogP contribution in [0.2, 0.25) is 0 Å². The lowest BCUT2D eigenvalue weighted by atomic mass is 9.67. The Hall–Kier alpha value is -1.46. The predicted molar refractivity (Wildman–Crippen MR) is 62.1 cm³/mol. The molecule has 2 amide bonds. The SMILES string of the molecule is CC1(C)CC(NC(=O)O)CC(C)(NC(=O)O)C1. The van der Waals surface area contributed by atoms with Crippen LogP contribution >= 0.6 is 0 Å². The molecular formula is C11H20N2O4. The highest BCUT2D eigenvalue weighted by Crippen LogP contribution is 2.40. The van der Waals surface area contributed by atoms with Crippen LogP contribution in [0.4, 0.5) is 9.59 Å². The van der Waals surface area contributed by atoms with Gasteiger partial charge in [0.1, 0.15) is 0 Å². The van der Waals surface area contributed by atoms with Gasteiger partial charge in [-0.3, -0.25) is 0 Å². The molecule has 1 rings (SSSR count). The minimum atomic E-state index is -1.07. The van der Waals surface area contributed by atoms with Gasteiger partial charge in [0, 0.05) is 11.6 Å². The van der Waals surface area contributed by atoms with Crippen LogP contribution in [0.3, 0.4) is 0 Å². The van der Waals surface area contributed by atoms with Crippen LogP contribution in [-0.2, 0) is 0 Å². The lowest BCUT2D eigenvalue weighted by molar-refractivity contribution is 0.0958. The van der Waals surface area contributed by atoms with E-state index in [9.17, 15) is 9.59 Å². The minimum absolute atomic E-state index is 0.0947. The van der Waals surface area contributed by atoms with Gasteiger partial charge in [-0.1, -0.05) is 13.8 Å². The van der Waals surface area contributed by atoms with Crippen molar-refractivity contribution in [2.24, 2.45) is 5.41 Å². The molecular weight excluding hydrogens is 224 g/mol. The van der Waals surface area contributed by atoms with Gasteiger partial charge in [-0.25, -0.2) is 9.59 Å². The molecule has 0 aromatic heterocycles. The maximum Gasteiger partial charge on any atom is 0.405 e. The first kappa shape index (κ1) is 13.6. The molecule has 17 heavy (non-hydrogen) atoms. The molecule has 98 valence electrons. The number of carboxylic acid groups (broad SMARTS) is 2. The number of rotatable bonds is 2. The quantitative estimate of drug-likeness (QED) is 0.595. The second-order valence-electron chi connectivity index (χ2n) is 5.89. The molecule has 6 heteroatoms. The van der Waals surface area contributed by atoms with E-state index in [0.717, 1.165) is 6.42 Å². The molecule has 0 heterocycles. The molecule has 6 nitrogen and oxygen atoms in total. The van der Waals surface area contributed by atoms with E-state index in [-0.39, 0.29) is 11.5 Å². The summed E-state index contributed by atoms with van der Waals surface area (Å²) in [6.07, 6.45) is -0.236. The van der Waals surface area contributed by atoms with Crippen LogP contribution in [0.5, 0.6) is 0 Å². The van der Waals surface area contributed by atoms with Gasteiger partial charge in [-0.15, -0.1) is 0 Å². The summed E-state index contributed by atoms with van der Waals surface area (Å²) in [6, 6.07) is -0.215. The standard InChI is InChI=1S/C11H20N2O4/c1-10(2)4-7(12-8(14)15)5-11(3,6-10)13-9(16)17/h7,12-13H,4-6H2,1-3H3,(H,14,15)(H,16,17). The van der Waals surface area contributed by atoms with E-state index in [1.807, 2.05) is 20.8 Å². The molecule has 0 spiro atoms. The van der Waals surface area contributed by atoms with E-state index in [1.165, 1.54) is 0 Å². The molecule has 2 atom stereocenters. The van der Waals surface area contributed by atoms with Gasteiger partial charge in [0.15, 0.2) is 0 Å². The number of hydrogen-bond acceptors (Lipinski definition) is 2. The van der Waals surface area contributed by atoms with Gasteiger partial charge in [0.25, 0.3) is 0 Å². The number of carbonyl (C=O) groups is 2. The number of nitrogens with one attached hydrogen (secondary N) is 2. The van der Waals surface area contributed by atoms with Crippen molar-refractivity contribution in [1.82, 2.24) is 10.6 Å². The van der Waals surface area contributed by atoms with E-state index in [2.05, 4.69) is 10.6 Å². The van der Waals surface area contributed by atoms with E-state index in [1.54, 1.807) is 0 Å². The molecule has 1 aliphatic carbocycles. The Morgan fingerprint density at radius 2 is 1.71 bits per heavy atom. The Kier molecular flexibility index (Phi) is 3.54. The monoisotopic (exact) mass is 244 g/mol. The third kappa shape index (κ3) is 4.13. The molecule has 1 saturated carbocycles. The molecule has 4 N–H and O–H groups in total. The normalized spacial score (nSPS) is 31.6. The highest BCUT2D eigenvalue weighted by molar-refractivity contribution is 5.66. The van der Waals surface area contributed by atoms with Crippen LogP contribution in [0, 0.1) is 5.41 Å². The molecule has 2 unspecified atom stereocenters. The topological polar surface area (TPSA) is 98.7 Å². The highest BCUT2D eigenvalue weighted by Gasteiger charge is 2.42. The van der Waals surface area contributed by atoms with Crippen molar-refractivity contribution in [3.63, 3.8) is 0 Å². The predicted octanol–water partition coefficient (Wildman–Crippen LogP) is 1.86. The fourth-order valence-corrected chi connectivity index (χ4v) is 3.11. The van der Waals surface area contributed by atoms with E-state index in [4.69, 9.17) is 10.2 Å². The van der Waals surface area contributed by atoms with Crippen molar-refractivity contribution in [3.8, 4) is 0 Å². The molecule has 0 aromatic carbocycles. The van der Waals surface area contributed by atoms with E-state index < -0.39 is 17.7 Å². The average Bonchev–Trinajstić information content (AvgIpc) is 1.93. The summed E-state index contributed by atoms with van der Waals surface area (Å²) < 4.78 is 0. The summed E-state index contributed by atoms with van der Waals surface area (Å²) in [5, 5.41) is 22.5. The van der Waals surface area contributed by atoms with Crippen molar-refractivity contribution < 1.29 is 19.8 Å². The number of hydrogen-bond donors (Lipinski definition) is 4. The fraction of sp³-hybridized carbons (Fsp3) is 0.818. The maximum absolute atomic E-state index is 10.8. The van der Waals surface area contributed by atoms with Crippen LogP contribution in [0.1, 0.15) is 40.0 Å². The Bertz CT molecular complexity index is 329. The van der Waals surface area contributed by atoms with E-state index >= 15 is 0 Å². The smallest absolute Gasteiger partial charge is 0.405 e. The second kappa shape index (κ2) is 4.43. The van der Waals surface area contributed by atoms with Gasteiger partial charge < -0.3 is 20.8 Å². The first-order valence-electron chi connectivity index (χ1n) is 5.62. The summed E-state index contributed by atoms with van der Waals surface area (Å²) in [5.74, 6) is 0. The van der Waals surface area contributed by atoms with Gasteiger partial charge >= 0.3 is 12.2 Å². The molecule has 0 bridgehead atoms. The molecule has 0 aliphatic heterocycles. The molecule has 1 aliphatic rings. The fourth-order valence-electron chi connectivity index (χ4n) is 3.11. The van der Waals surface area contributed by atoms with Crippen molar-refractivity contribution >= 4 is 12.2 Å². The minimum Gasteiger partial charge on any atom is -0.465 e. The second-order valence-corrected chi connectivity index (χ2v) is 5.89. The Balaban J connectivity index is 2.79. The summed E-state index contributed by atoms with van der Waals surface area (Å²) >= 11 is 0. The molecule has 0 radical (unpaired) electrons. The van der Waals surface area contributed by atoms with Crippen LogP contribution in [-0.4, -0.2) is 34.0 Å². The van der Waals surface area contributed by atoms with Crippen LogP contribution in [0.25, 0.3) is 0 Å². The Labute approximate surface area is 100 Å². The molecule has 0 saturated heterocycles. The van der Waals surface area contributed by atoms with Crippen molar-refractivity contribution in [2.45, 2.75) is 51.6 Å². The zero-order chi connectivity index (χ0) is 13.3. The first-order chi connectivity index (χ1) is 7.62. The summed E-state index contributed by atoms with van der Waals surface area (Å²) in [5.41, 5.74) is -0.677. The Morgan fingerprint density at radius 1 is 1.12 bits per heavy atom. The number of amides is 2. The zero-order valence-corrected chi connectivity index (χ0v) is 10.4. The third-order valence-corrected chi connectivity index (χ3v) is 3.10. The average molecular weight is 244 g/mol. The van der Waals surface area contributed by atoms with Gasteiger partial charge in [0.2, 0.25) is 0 Å². The van der Waals surface area contributed by atoms with Gasteiger partial charge in [-0.05, 0) is 31.6 Å². The maximum atomic E-state index is 10.8. The van der Waals surface area contributed by atoms with Gasteiger partial charge in [0.05, 0.1) is 0 Å². The van der Waals surface area contributed by atoms with Crippen LogP contribution < -0.4 is 10.6 Å². The van der Waals surface area contributed by atoms with Crippen molar-refractivity contribution in [3.05, 3.63) is 0 Å². The lowest BCUT2D eigenvalue weighted by Crippen LogP contribution is -2.57. The third-order valence-electron chi connectivity index (χ3n) is 3.10. The summed E-state index contributed by atoms with van der Waals surface area (Å²) in [7, 11) is 0. The van der Waals surface area contributed by atoms with Gasteiger partial charge in [-0.2, -0.15) is 0 Å². The van der Waals surface area contributed by atoms with E-state index in [0.29, 0.717) is 12.8 Å². The van der Waals surface area contributed by atoms with Crippen molar-refractivity contribution in [2.75, 3.05) is 0 Å². The first-order valence-corrected chi connectivity index (χ1v) is 5.62. The summed E-state index contributed by atoms with van der Waals surface area (Å²) in [4.78, 5) is 21.4. The molecule has 1 fully saturated rings. The lowest BCUT2D eigenvalue weighted by Gasteiger charge is -2.46. The van der Waals surface area contributed by atoms with Crippen LogP contribution in [0.15, 0.2) is 0 Å². The Morgan fingerprint density at radius 3 is 2.18 bits per heavy atom. The molecule has 0 aromatic rings. The van der Waals surface area contributed by atoms with Crippen molar-refractivity contribution in [1.29, 1.82) is 0 Å². The zero-order valence-electron chi connectivity index (χ0n) is 10.4.